The van der Waals surface area contributed by atoms with Crippen LogP contribution in [0.5, 0.6) is 0 Å². The average molecular weight is 338 g/mol. The summed E-state index contributed by atoms with van der Waals surface area (Å²) in [7, 11) is 0. The highest BCUT2D eigenvalue weighted by Gasteiger charge is 2.76. The van der Waals surface area contributed by atoms with Crippen molar-refractivity contribution in [3.05, 3.63) is 0 Å². The van der Waals surface area contributed by atoms with E-state index < -0.39 is 46.2 Å². The van der Waals surface area contributed by atoms with E-state index in [1.807, 2.05) is 0 Å². The van der Waals surface area contributed by atoms with Crippen molar-refractivity contribution in [3.8, 4) is 0 Å². The molecule has 0 spiro atoms. The third-order valence-electron chi connectivity index (χ3n) is 5.58. The smallest absolute Gasteiger partial charge is 0.321 e. The molecule has 1 aliphatic carbocycles. The van der Waals surface area contributed by atoms with Crippen molar-refractivity contribution in [2.75, 3.05) is 13.2 Å². The van der Waals surface area contributed by atoms with Crippen LogP contribution in [0.1, 0.15) is 40.0 Å². The molecule has 0 radical (unpaired) electrons. The Morgan fingerprint density at radius 1 is 1.00 bits per heavy atom. The molecule has 2 N–H and O–H groups in total. The molecule has 132 valence electrons. The Hall–Kier alpha value is -2.12. The molecule has 0 aromatic rings. The molecule has 3 fully saturated rings. The van der Waals surface area contributed by atoms with Crippen LogP contribution < -0.4 is 10.6 Å². The molecule has 0 aromatic heterocycles. The van der Waals surface area contributed by atoms with Crippen molar-refractivity contribution in [1.29, 1.82) is 0 Å². The summed E-state index contributed by atoms with van der Waals surface area (Å²) in [4.78, 5) is 51.0. The van der Waals surface area contributed by atoms with Crippen LogP contribution in [-0.4, -0.2) is 42.6 Å². The minimum atomic E-state index is -1.51. The van der Waals surface area contributed by atoms with E-state index >= 15 is 0 Å². The van der Waals surface area contributed by atoms with E-state index in [0.29, 0.717) is 0 Å². The number of rotatable bonds is 4. The third kappa shape index (κ3) is 1.85. The molecule has 2 saturated heterocycles. The van der Waals surface area contributed by atoms with Crippen LogP contribution in [0.4, 0.5) is 0 Å². The lowest BCUT2D eigenvalue weighted by Crippen LogP contribution is -2.76. The van der Waals surface area contributed by atoms with Gasteiger partial charge in [-0.1, -0.05) is 0 Å². The monoisotopic (exact) mass is 338 g/mol. The maximum absolute atomic E-state index is 12.8. The molecule has 3 aliphatic rings. The maximum Gasteiger partial charge on any atom is 0.321 e. The van der Waals surface area contributed by atoms with Gasteiger partial charge in [0.15, 0.2) is 10.8 Å². The van der Waals surface area contributed by atoms with E-state index in [0.717, 1.165) is 0 Å². The second-order valence-corrected chi connectivity index (χ2v) is 6.88. The van der Waals surface area contributed by atoms with Gasteiger partial charge in [-0.2, -0.15) is 0 Å². The SMILES string of the molecule is CCOC(=O)[C@@]12CC[C@]3(C(=O)OCC)C(=O)NC(C)(CC13)NC2=O. The van der Waals surface area contributed by atoms with Gasteiger partial charge in [0.2, 0.25) is 11.8 Å². The van der Waals surface area contributed by atoms with Crippen molar-refractivity contribution >= 4 is 23.8 Å². The van der Waals surface area contributed by atoms with E-state index in [2.05, 4.69) is 10.6 Å². The number of hydrogen-bond donors (Lipinski definition) is 2. The van der Waals surface area contributed by atoms with Crippen LogP contribution >= 0.6 is 0 Å². The number of carbonyl (C=O) groups is 4. The van der Waals surface area contributed by atoms with E-state index in [1.165, 1.54) is 0 Å². The quantitative estimate of drug-likeness (QED) is 0.545. The fourth-order valence-corrected chi connectivity index (χ4v) is 4.52. The van der Waals surface area contributed by atoms with Crippen molar-refractivity contribution in [2.24, 2.45) is 16.7 Å². The lowest BCUT2D eigenvalue weighted by Gasteiger charge is -2.53. The summed E-state index contributed by atoms with van der Waals surface area (Å²) in [5, 5.41) is 5.45. The van der Waals surface area contributed by atoms with Crippen LogP contribution in [0, 0.1) is 16.7 Å². The zero-order valence-electron chi connectivity index (χ0n) is 14.1. The van der Waals surface area contributed by atoms with Gasteiger partial charge in [0, 0.05) is 5.92 Å². The number of ether oxygens (including phenoxy) is 2. The van der Waals surface area contributed by atoms with Gasteiger partial charge >= 0.3 is 11.9 Å². The zero-order chi connectivity index (χ0) is 17.8. The van der Waals surface area contributed by atoms with Crippen LogP contribution in [0.25, 0.3) is 0 Å². The standard InChI is InChI=1S/C16H22N2O6/c1-4-23-12(21)15-6-7-16(13(22)24-5-2)9(15)8-14(3,17-10(15)19)18-11(16)20/h9H,4-8H2,1-3H3,(H,17,19)(H,18,20)/t9?,14?,15-,16+. The van der Waals surface area contributed by atoms with E-state index in [1.54, 1.807) is 20.8 Å². The molecule has 3 rings (SSSR count). The molecular formula is C16H22N2O6. The fourth-order valence-electron chi connectivity index (χ4n) is 4.52. The van der Waals surface area contributed by atoms with Crippen LogP contribution in [0.15, 0.2) is 0 Å². The number of hydrogen-bond acceptors (Lipinski definition) is 6. The zero-order valence-corrected chi connectivity index (χ0v) is 14.1. The summed E-state index contributed by atoms with van der Waals surface area (Å²) >= 11 is 0. The van der Waals surface area contributed by atoms with Gasteiger partial charge in [-0.05, 0) is 40.0 Å². The van der Waals surface area contributed by atoms with Gasteiger partial charge in [0.05, 0.1) is 13.2 Å². The number of esters is 2. The van der Waals surface area contributed by atoms with Crippen molar-refractivity contribution in [3.63, 3.8) is 0 Å². The van der Waals surface area contributed by atoms with Crippen LogP contribution in [0.3, 0.4) is 0 Å². The molecular weight excluding hydrogens is 316 g/mol. The summed E-state index contributed by atoms with van der Waals surface area (Å²) in [5.41, 5.74) is -4.00. The van der Waals surface area contributed by atoms with Crippen LogP contribution in [-0.2, 0) is 28.7 Å². The lowest BCUT2D eigenvalue weighted by atomic mass is 9.59. The number of fused-ring (bicyclic) bond motifs is 1. The summed E-state index contributed by atoms with van der Waals surface area (Å²) in [6.07, 6.45) is 0.456. The second-order valence-electron chi connectivity index (χ2n) is 6.88. The minimum Gasteiger partial charge on any atom is -0.465 e. The van der Waals surface area contributed by atoms with Gasteiger partial charge in [0.1, 0.15) is 5.66 Å². The predicted molar refractivity (Wildman–Crippen MR) is 80.2 cm³/mol. The first-order valence-corrected chi connectivity index (χ1v) is 8.26. The second kappa shape index (κ2) is 5.19. The molecule has 24 heavy (non-hydrogen) atoms. The van der Waals surface area contributed by atoms with E-state index in [9.17, 15) is 19.2 Å². The molecule has 2 unspecified atom stereocenters. The van der Waals surface area contributed by atoms with E-state index in [-0.39, 0.29) is 32.5 Å². The average Bonchev–Trinajstić information content (AvgIpc) is 2.86. The predicted octanol–water partition coefficient (Wildman–Crippen LogP) is -0.139. The molecule has 2 amide bonds. The first-order chi connectivity index (χ1) is 11.3. The van der Waals surface area contributed by atoms with Gasteiger partial charge in [-0.3, -0.25) is 19.2 Å². The Morgan fingerprint density at radius 2 is 1.42 bits per heavy atom. The molecule has 1 saturated carbocycles. The molecule has 8 heteroatoms. The highest BCUT2D eigenvalue weighted by molar-refractivity contribution is 6.12. The first-order valence-electron chi connectivity index (χ1n) is 8.26. The van der Waals surface area contributed by atoms with E-state index in [4.69, 9.17) is 9.47 Å². The van der Waals surface area contributed by atoms with Crippen molar-refractivity contribution in [2.45, 2.75) is 45.7 Å². The molecule has 0 aromatic carbocycles. The number of amides is 2. The lowest BCUT2D eigenvalue weighted by molar-refractivity contribution is -0.183. The molecule has 2 heterocycles. The summed E-state index contributed by atoms with van der Waals surface area (Å²) in [6, 6.07) is 0. The summed E-state index contributed by atoms with van der Waals surface area (Å²) in [6.45, 7) is 5.22. The highest BCUT2D eigenvalue weighted by atomic mass is 16.5. The Morgan fingerprint density at radius 3 is 1.79 bits per heavy atom. The first kappa shape index (κ1) is 16.7. The van der Waals surface area contributed by atoms with Crippen molar-refractivity contribution in [1.82, 2.24) is 10.6 Å². The third-order valence-corrected chi connectivity index (χ3v) is 5.58. The number of piperidine rings is 2. The normalized spacial score (nSPS) is 39.7. The Labute approximate surface area is 139 Å². The topological polar surface area (TPSA) is 111 Å². The van der Waals surface area contributed by atoms with Gasteiger partial charge < -0.3 is 20.1 Å². The Kier molecular flexibility index (Phi) is 3.62. The maximum atomic E-state index is 12.8. The Balaban J connectivity index is 2.14. The van der Waals surface area contributed by atoms with Gasteiger partial charge in [-0.15, -0.1) is 0 Å². The summed E-state index contributed by atoms with van der Waals surface area (Å²) < 4.78 is 10.3. The fraction of sp³-hybridized carbons (Fsp3) is 0.750. The van der Waals surface area contributed by atoms with Gasteiger partial charge in [0.25, 0.3) is 0 Å². The summed E-state index contributed by atoms with van der Waals surface area (Å²) in [5.74, 6) is -3.10. The van der Waals surface area contributed by atoms with Crippen LogP contribution in [0.2, 0.25) is 0 Å². The number of nitrogens with one attached hydrogen (secondary N) is 2. The minimum absolute atomic E-state index is 0.0879. The molecule has 2 aliphatic heterocycles. The Bertz CT molecular complexity index is 584. The van der Waals surface area contributed by atoms with Crippen molar-refractivity contribution < 1.29 is 28.7 Å². The largest absolute Gasteiger partial charge is 0.465 e. The number of carbonyl (C=O) groups excluding carboxylic acids is 4. The highest BCUT2D eigenvalue weighted by Crippen LogP contribution is 2.62. The molecule has 8 nitrogen and oxygen atoms in total. The molecule has 4 atom stereocenters. The molecule has 2 bridgehead atoms. The van der Waals surface area contributed by atoms with Gasteiger partial charge in [-0.25, -0.2) is 0 Å².